The van der Waals surface area contributed by atoms with Crippen molar-refractivity contribution in [2.45, 2.75) is 0 Å². The quantitative estimate of drug-likeness (QED) is 0.863. The van der Waals surface area contributed by atoms with Crippen molar-refractivity contribution in [2.24, 2.45) is 0 Å². The van der Waals surface area contributed by atoms with E-state index < -0.39 is 11.7 Å². The molecule has 1 heterocycles. The van der Waals surface area contributed by atoms with Gasteiger partial charge >= 0.3 is 0 Å². The first-order valence-corrected chi connectivity index (χ1v) is 5.32. The summed E-state index contributed by atoms with van der Waals surface area (Å²) in [6.45, 7) is 0. The lowest BCUT2D eigenvalue weighted by Crippen LogP contribution is -2.18. The molecular weight excluding hydrogens is 259 g/mol. The third-order valence-corrected chi connectivity index (χ3v) is 2.39. The lowest BCUT2D eigenvalue weighted by atomic mass is 10.2. The number of benzene rings is 1. The molecule has 0 saturated carbocycles. The molecule has 1 aromatic heterocycles. The number of hydrogen-bond acceptors (Lipinski definition) is 3. The first-order chi connectivity index (χ1) is 8.66. The number of halogens is 2. The van der Waals surface area contributed by atoms with Crippen LogP contribution >= 0.6 is 11.6 Å². The monoisotopic (exact) mass is 266 g/mol. The van der Waals surface area contributed by atoms with Crippen LogP contribution in [0.4, 0.5) is 4.39 Å². The van der Waals surface area contributed by atoms with Gasteiger partial charge in [-0.25, -0.2) is 9.07 Å². The van der Waals surface area contributed by atoms with Crippen molar-refractivity contribution in [2.75, 3.05) is 5.43 Å². The Bertz CT molecular complexity index is 562. The summed E-state index contributed by atoms with van der Waals surface area (Å²) in [6, 6.07) is 4.30. The molecule has 0 unspecified atom stereocenters. The molecule has 2 aromatic rings. The van der Waals surface area contributed by atoms with Crippen LogP contribution in [0, 0.1) is 5.82 Å². The minimum atomic E-state index is -0.490. The fourth-order valence-electron chi connectivity index (χ4n) is 1.25. The van der Waals surface area contributed by atoms with Gasteiger partial charge in [0.2, 0.25) is 0 Å². The summed E-state index contributed by atoms with van der Waals surface area (Å²) in [5, 5.41) is 7.27. The topological polar surface area (TPSA) is 59.8 Å². The third kappa shape index (κ3) is 2.92. The molecule has 0 bridgehead atoms. The molecule has 0 aliphatic rings. The highest BCUT2D eigenvalue weighted by Gasteiger charge is 2.04. The summed E-state index contributed by atoms with van der Waals surface area (Å²) in [7, 11) is 0. The molecule has 1 N–H and O–H groups in total. The van der Waals surface area contributed by atoms with E-state index in [2.05, 4.69) is 15.6 Å². The second-order valence-corrected chi connectivity index (χ2v) is 3.72. The minimum absolute atomic E-state index is 0.165. The largest absolute Gasteiger partial charge is 0.268 e. The maximum atomic E-state index is 13.4. The van der Waals surface area contributed by atoms with Crippen LogP contribution in [0.2, 0.25) is 5.02 Å². The highest BCUT2D eigenvalue weighted by atomic mass is 35.5. The SMILES string of the molecule is O=C(/C=C/c1c(F)cccc1Cl)Nn1cnnc1. The van der Waals surface area contributed by atoms with Crippen LogP contribution in [-0.2, 0) is 4.79 Å². The maximum absolute atomic E-state index is 13.4. The Morgan fingerprint density at radius 2 is 2.11 bits per heavy atom. The molecule has 2 rings (SSSR count). The van der Waals surface area contributed by atoms with Gasteiger partial charge in [-0.1, -0.05) is 17.7 Å². The van der Waals surface area contributed by atoms with E-state index in [1.54, 1.807) is 6.07 Å². The summed E-state index contributed by atoms with van der Waals surface area (Å²) in [5.41, 5.74) is 2.60. The van der Waals surface area contributed by atoms with Gasteiger partial charge < -0.3 is 0 Å². The van der Waals surface area contributed by atoms with Gasteiger partial charge in [-0.3, -0.25) is 10.2 Å². The van der Waals surface area contributed by atoms with E-state index in [0.29, 0.717) is 0 Å². The van der Waals surface area contributed by atoms with Crippen molar-refractivity contribution in [1.29, 1.82) is 0 Å². The van der Waals surface area contributed by atoms with Gasteiger partial charge in [0.1, 0.15) is 18.5 Å². The molecule has 5 nitrogen and oxygen atoms in total. The normalized spacial score (nSPS) is 10.8. The molecular formula is C11H8ClFN4O. The zero-order chi connectivity index (χ0) is 13.0. The molecule has 0 radical (unpaired) electrons. The fourth-order valence-corrected chi connectivity index (χ4v) is 1.48. The Hall–Kier alpha value is -2.21. The van der Waals surface area contributed by atoms with E-state index in [-0.39, 0.29) is 10.6 Å². The molecule has 1 amide bonds. The van der Waals surface area contributed by atoms with Gasteiger partial charge in [0, 0.05) is 11.6 Å². The lowest BCUT2D eigenvalue weighted by molar-refractivity contribution is -0.112. The Kier molecular flexibility index (Phi) is 3.69. The second kappa shape index (κ2) is 5.42. The minimum Gasteiger partial charge on any atom is -0.268 e. The number of hydrogen-bond donors (Lipinski definition) is 1. The highest BCUT2D eigenvalue weighted by Crippen LogP contribution is 2.20. The van der Waals surface area contributed by atoms with Crippen LogP contribution in [0.25, 0.3) is 6.08 Å². The summed E-state index contributed by atoms with van der Waals surface area (Å²) in [4.78, 5) is 11.5. The van der Waals surface area contributed by atoms with Gasteiger partial charge in [0.15, 0.2) is 0 Å². The Morgan fingerprint density at radius 3 is 2.78 bits per heavy atom. The van der Waals surface area contributed by atoms with E-state index in [4.69, 9.17) is 11.6 Å². The number of rotatable bonds is 3. The molecule has 92 valence electrons. The molecule has 0 aliphatic heterocycles. The lowest BCUT2D eigenvalue weighted by Gasteiger charge is -2.01. The number of carbonyl (C=O) groups excluding carboxylic acids is 1. The predicted octanol–water partition coefficient (Wildman–Crippen LogP) is 1.85. The van der Waals surface area contributed by atoms with Crippen LogP contribution in [0.1, 0.15) is 5.56 Å². The number of amides is 1. The number of carbonyl (C=O) groups is 1. The average molecular weight is 267 g/mol. The predicted molar refractivity (Wildman–Crippen MR) is 64.8 cm³/mol. The van der Waals surface area contributed by atoms with E-state index >= 15 is 0 Å². The molecule has 7 heteroatoms. The van der Waals surface area contributed by atoms with Crippen molar-refractivity contribution in [3.8, 4) is 0 Å². The first kappa shape index (κ1) is 12.3. The van der Waals surface area contributed by atoms with Crippen molar-refractivity contribution in [3.05, 3.63) is 53.3 Å². The summed E-state index contributed by atoms with van der Waals surface area (Å²) in [5.74, 6) is -0.940. The Labute approximate surface area is 107 Å². The second-order valence-electron chi connectivity index (χ2n) is 3.31. The standard InChI is InChI=1S/C11H8ClFN4O/c12-9-2-1-3-10(13)8(9)4-5-11(18)16-17-6-14-15-7-17/h1-7H,(H,16,18)/b5-4+. The van der Waals surface area contributed by atoms with Crippen molar-refractivity contribution >= 4 is 23.6 Å². The molecule has 18 heavy (non-hydrogen) atoms. The summed E-state index contributed by atoms with van der Waals surface area (Å²) >= 11 is 5.81. The van der Waals surface area contributed by atoms with Gasteiger partial charge in [0.05, 0.1) is 5.02 Å². The van der Waals surface area contributed by atoms with Crippen LogP contribution in [0.3, 0.4) is 0 Å². The van der Waals surface area contributed by atoms with Gasteiger partial charge in [-0.15, -0.1) is 10.2 Å². The van der Waals surface area contributed by atoms with Gasteiger partial charge in [0.25, 0.3) is 5.91 Å². The molecule has 0 aliphatic carbocycles. The molecule has 0 spiro atoms. The number of aromatic nitrogens is 3. The molecule has 0 fully saturated rings. The summed E-state index contributed by atoms with van der Waals surface area (Å²) < 4.78 is 14.7. The van der Waals surface area contributed by atoms with Crippen molar-refractivity contribution in [1.82, 2.24) is 14.9 Å². The zero-order valence-electron chi connectivity index (χ0n) is 9.05. The molecule has 1 aromatic carbocycles. The van der Waals surface area contributed by atoms with Crippen LogP contribution in [0.5, 0.6) is 0 Å². The Balaban J connectivity index is 2.09. The van der Waals surface area contributed by atoms with Gasteiger partial charge in [-0.2, -0.15) is 0 Å². The zero-order valence-corrected chi connectivity index (χ0v) is 9.80. The van der Waals surface area contributed by atoms with E-state index in [0.717, 1.165) is 0 Å². The van der Waals surface area contributed by atoms with Crippen LogP contribution < -0.4 is 5.43 Å². The molecule has 0 atom stereocenters. The summed E-state index contributed by atoms with van der Waals surface area (Å²) in [6.07, 6.45) is 5.12. The smallest absolute Gasteiger partial charge is 0.262 e. The van der Waals surface area contributed by atoms with E-state index in [1.165, 1.54) is 41.6 Å². The average Bonchev–Trinajstić information content (AvgIpc) is 2.81. The van der Waals surface area contributed by atoms with Crippen LogP contribution in [0.15, 0.2) is 36.9 Å². The van der Waals surface area contributed by atoms with E-state index in [9.17, 15) is 9.18 Å². The number of nitrogens with zero attached hydrogens (tertiary/aromatic N) is 3. The highest BCUT2D eigenvalue weighted by molar-refractivity contribution is 6.32. The van der Waals surface area contributed by atoms with Crippen molar-refractivity contribution in [3.63, 3.8) is 0 Å². The maximum Gasteiger partial charge on any atom is 0.262 e. The van der Waals surface area contributed by atoms with Gasteiger partial charge in [-0.05, 0) is 18.2 Å². The van der Waals surface area contributed by atoms with E-state index in [1.807, 2.05) is 0 Å². The fraction of sp³-hybridized carbons (Fsp3) is 0. The van der Waals surface area contributed by atoms with Crippen LogP contribution in [-0.4, -0.2) is 20.8 Å². The Morgan fingerprint density at radius 1 is 1.39 bits per heavy atom. The third-order valence-electron chi connectivity index (χ3n) is 2.06. The van der Waals surface area contributed by atoms with Crippen molar-refractivity contribution < 1.29 is 9.18 Å². The number of nitrogens with one attached hydrogen (secondary N) is 1. The molecule has 0 saturated heterocycles. The first-order valence-electron chi connectivity index (χ1n) is 4.94.